The largest absolute Gasteiger partial charge is 0.343 e. The summed E-state index contributed by atoms with van der Waals surface area (Å²) >= 11 is 0. The molecular weight excluding hydrogens is 168 g/mol. The summed E-state index contributed by atoms with van der Waals surface area (Å²) in [4.78, 5) is 10.3. The summed E-state index contributed by atoms with van der Waals surface area (Å²) in [5, 5.41) is 0. The fraction of sp³-hybridized carbons (Fsp3) is 0.500. The van der Waals surface area contributed by atoms with Gasteiger partial charge in [-0.05, 0) is 6.92 Å². The minimum absolute atomic E-state index is 0.0342. The molecule has 0 saturated carbocycles. The van der Waals surface area contributed by atoms with Crippen LogP contribution in [0.1, 0.15) is 20.3 Å². The minimum Gasteiger partial charge on any atom is -0.343 e. The monoisotopic (exact) mass is 178 g/mol. The zero-order chi connectivity index (χ0) is 9.07. The third-order valence-corrected chi connectivity index (χ3v) is 2.18. The van der Waals surface area contributed by atoms with Crippen LogP contribution in [-0.2, 0) is 19.1 Å². The molecule has 0 amide bonds. The second kappa shape index (κ2) is 3.52. The molecule has 4 nitrogen and oxygen atoms in total. The molecule has 0 aromatic rings. The molecule has 0 N–H and O–H groups in total. The van der Waals surface area contributed by atoms with Crippen LogP contribution >= 0.6 is 0 Å². The van der Waals surface area contributed by atoms with Gasteiger partial charge in [0.15, 0.2) is 0 Å². The average Bonchev–Trinajstić information content (AvgIpc) is 1.86. The molecule has 0 aliphatic carbocycles. The Labute approximate surface area is 66.0 Å². The van der Waals surface area contributed by atoms with Gasteiger partial charge in [-0.1, -0.05) is 13.5 Å². The topological polar surface area (TPSA) is 60.4 Å². The van der Waals surface area contributed by atoms with Crippen molar-refractivity contribution < 1.29 is 17.4 Å². The summed E-state index contributed by atoms with van der Waals surface area (Å²) in [6.45, 7) is 5.92. The number of rotatable bonds is 3. The number of allylic oxidation sites excluding steroid dienone is 1. The summed E-state index contributed by atoms with van der Waals surface area (Å²) < 4.78 is 25.6. The number of hydrogen-bond donors (Lipinski definition) is 0. The highest BCUT2D eigenvalue weighted by molar-refractivity contribution is 7.91. The van der Waals surface area contributed by atoms with E-state index < -0.39 is 16.1 Å². The SMILES string of the molecule is C=C(C)S(=O)(=O)OC(=O)CC. The second-order valence-electron chi connectivity index (χ2n) is 1.97. The highest BCUT2D eigenvalue weighted by Crippen LogP contribution is 2.05. The molecule has 0 rings (SSSR count). The maximum atomic E-state index is 10.8. The van der Waals surface area contributed by atoms with Crippen LogP contribution in [0.2, 0.25) is 0 Å². The lowest BCUT2D eigenvalue weighted by Gasteiger charge is -2.01. The smallest absolute Gasteiger partial charge is 0.336 e. The zero-order valence-electron chi connectivity index (χ0n) is 6.46. The molecule has 0 aliphatic rings. The Morgan fingerprint density at radius 3 is 2.27 bits per heavy atom. The molecule has 0 fully saturated rings. The molecule has 0 heterocycles. The van der Waals surface area contributed by atoms with Crippen molar-refractivity contribution in [3.63, 3.8) is 0 Å². The minimum atomic E-state index is -3.85. The van der Waals surface area contributed by atoms with Crippen molar-refractivity contribution in [2.75, 3.05) is 0 Å². The molecule has 64 valence electrons. The molecular formula is C6H10O4S. The fourth-order valence-electron chi connectivity index (χ4n) is 0.252. The Morgan fingerprint density at radius 1 is 1.55 bits per heavy atom. The van der Waals surface area contributed by atoms with E-state index in [9.17, 15) is 13.2 Å². The maximum Gasteiger partial charge on any atom is 0.336 e. The van der Waals surface area contributed by atoms with Gasteiger partial charge < -0.3 is 4.18 Å². The number of carbonyl (C=O) groups excluding carboxylic acids is 1. The predicted octanol–water partition coefficient (Wildman–Crippen LogP) is 0.803. The molecule has 0 aromatic heterocycles. The van der Waals surface area contributed by atoms with Gasteiger partial charge in [-0.3, -0.25) is 4.79 Å². The first kappa shape index (κ1) is 10.2. The van der Waals surface area contributed by atoms with Crippen LogP contribution in [0, 0.1) is 0 Å². The molecule has 0 saturated heterocycles. The summed E-state index contributed by atoms with van der Waals surface area (Å²) in [7, 11) is -3.85. The Morgan fingerprint density at radius 2 is 2.00 bits per heavy atom. The van der Waals surface area contributed by atoms with E-state index in [-0.39, 0.29) is 11.3 Å². The normalized spacial score (nSPS) is 10.7. The molecule has 0 unspecified atom stereocenters. The van der Waals surface area contributed by atoms with Gasteiger partial charge in [-0.25, -0.2) is 0 Å². The van der Waals surface area contributed by atoms with E-state index >= 15 is 0 Å². The lowest BCUT2D eigenvalue weighted by molar-refractivity contribution is -0.133. The second-order valence-corrected chi connectivity index (χ2v) is 3.74. The standard InChI is InChI=1S/C6H10O4S/c1-4-6(7)10-11(8,9)5(2)3/h2,4H2,1,3H3. The molecule has 0 bridgehead atoms. The van der Waals surface area contributed by atoms with Gasteiger partial charge in [-0.15, -0.1) is 0 Å². The first-order valence-electron chi connectivity index (χ1n) is 3.03. The molecule has 0 aromatic carbocycles. The van der Waals surface area contributed by atoms with E-state index in [2.05, 4.69) is 10.8 Å². The first-order valence-corrected chi connectivity index (χ1v) is 4.43. The number of carbonyl (C=O) groups is 1. The summed E-state index contributed by atoms with van der Waals surface area (Å²) in [5.41, 5.74) is 0. The highest BCUT2D eigenvalue weighted by Gasteiger charge is 2.15. The van der Waals surface area contributed by atoms with E-state index in [0.29, 0.717) is 0 Å². The van der Waals surface area contributed by atoms with Crippen LogP contribution in [-0.4, -0.2) is 14.4 Å². The van der Waals surface area contributed by atoms with Gasteiger partial charge in [-0.2, -0.15) is 8.42 Å². The van der Waals surface area contributed by atoms with Gasteiger partial charge in [0.1, 0.15) is 0 Å². The lowest BCUT2D eigenvalue weighted by Crippen LogP contribution is -2.11. The van der Waals surface area contributed by atoms with Crippen LogP contribution in [0.5, 0.6) is 0 Å². The van der Waals surface area contributed by atoms with Gasteiger partial charge in [0.25, 0.3) is 0 Å². The van der Waals surface area contributed by atoms with E-state index in [0.717, 1.165) is 0 Å². The third-order valence-electron chi connectivity index (χ3n) is 0.918. The Bertz CT molecular complexity index is 262. The Kier molecular flexibility index (Phi) is 3.25. The average molecular weight is 178 g/mol. The number of hydrogen-bond acceptors (Lipinski definition) is 4. The quantitative estimate of drug-likeness (QED) is 0.600. The van der Waals surface area contributed by atoms with Crippen molar-refractivity contribution in [1.29, 1.82) is 0 Å². The van der Waals surface area contributed by atoms with Gasteiger partial charge in [0.05, 0.1) is 4.91 Å². The van der Waals surface area contributed by atoms with Crippen LogP contribution in [0.15, 0.2) is 11.5 Å². The van der Waals surface area contributed by atoms with Gasteiger partial charge >= 0.3 is 16.1 Å². The molecule has 0 spiro atoms. The summed E-state index contributed by atoms with van der Waals surface area (Å²) in [5.74, 6) is -0.770. The van der Waals surface area contributed by atoms with E-state index in [1.54, 1.807) is 0 Å². The fourth-order valence-corrected chi connectivity index (χ4v) is 0.757. The molecule has 5 heteroatoms. The Hall–Kier alpha value is -0.840. The molecule has 0 atom stereocenters. The Balaban J connectivity index is 4.39. The third kappa shape index (κ3) is 3.18. The first-order chi connectivity index (χ1) is 4.90. The van der Waals surface area contributed by atoms with Crippen molar-refractivity contribution in [2.45, 2.75) is 20.3 Å². The molecule has 0 aliphatic heterocycles. The van der Waals surface area contributed by atoms with Crippen LogP contribution < -0.4 is 0 Å². The lowest BCUT2D eigenvalue weighted by atomic mass is 10.5. The van der Waals surface area contributed by atoms with Crippen LogP contribution in [0.3, 0.4) is 0 Å². The molecule has 0 radical (unpaired) electrons. The highest BCUT2D eigenvalue weighted by atomic mass is 32.2. The van der Waals surface area contributed by atoms with Crippen molar-refractivity contribution >= 4 is 16.1 Å². The summed E-state index contributed by atoms with van der Waals surface area (Å²) in [6.07, 6.45) is 0.0342. The maximum absolute atomic E-state index is 10.8. The zero-order valence-corrected chi connectivity index (χ0v) is 7.27. The van der Waals surface area contributed by atoms with Crippen molar-refractivity contribution in [3.05, 3.63) is 11.5 Å². The molecule has 11 heavy (non-hydrogen) atoms. The van der Waals surface area contributed by atoms with Crippen molar-refractivity contribution in [1.82, 2.24) is 0 Å². The predicted molar refractivity (Wildman–Crippen MR) is 40.1 cm³/mol. The van der Waals surface area contributed by atoms with Crippen molar-refractivity contribution in [3.8, 4) is 0 Å². The van der Waals surface area contributed by atoms with E-state index in [1.807, 2.05) is 0 Å². The van der Waals surface area contributed by atoms with Gasteiger partial charge in [0.2, 0.25) is 0 Å². The summed E-state index contributed by atoms with van der Waals surface area (Å²) in [6, 6.07) is 0. The van der Waals surface area contributed by atoms with E-state index in [1.165, 1.54) is 13.8 Å². The van der Waals surface area contributed by atoms with Crippen molar-refractivity contribution in [2.24, 2.45) is 0 Å². The van der Waals surface area contributed by atoms with Gasteiger partial charge in [0, 0.05) is 6.42 Å². The van der Waals surface area contributed by atoms with Crippen LogP contribution in [0.4, 0.5) is 0 Å². The van der Waals surface area contributed by atoms with Crippen LogP contribution in [0.25, 0.3) is 0 Å². The van der Waals surface area contributed by atoms with E-state index in [4.69, 9.17) is 0 Å².